The number of anilines is 1. The molecule has 2 atom stereocenters. The van der Waals surface area contributed by atoms with E-state index >= 15 is 0 Å². The Morgan fingerprint density at radius 1 is 1.25 bits per heavy atom. The Bertz CT molecular complexity index is 1040. The van der Waals surface area contributed by atoms with E-state index in [4.69, 9.17) is 10.5 Å². The van der Waals surface area contributed by atoms with Crippen LogP contribution in [0.1, 0.15) is 50.0 Å². The fourth-order valence-corrected chi connectivity index (χ4v) is 3.35. The highest BCUT2D eigenvalue weighted by Crippen LogP contribution is 2.23. The molecule has 0 aliphatic carbocycles. The maximum Gasteiger partial charge on any atom is 0.407 e. The summed E-state index contributed by atoms with van der Waals surface area (Å²) in [5.74, 6) is -0.399. The van der Waals surface area contributed by atoms with Gasteiger partial charge in [-0.25, -0.2) is 14.3 Å². The first-order chi connectivity index (χ1) is 17.2. The number of nitrogens with one attached hydrogen (secondary N) is 3. The molecule has 0 bridgehead atoms. The van der Waals surface area contributed by atoms with Crippen LogP contribution in [-0.4, -0.2) is 46.2 Å². The van der Waals surface area contributed by atoms with Gasteiger partial charge in [-0.1, -0.05) is 49.0 Å². The third kappa shape index (κ3) is 8.81. The van der Waals surface area contributed by atoms with Crippen molar-refractivity contribution in [1.29, 1.82) is 0 Å². The molecular formula is C23H32N8O5. The molecule has 5 N–H and O–H groups in total. The highest BCUT2D eigenvalue weighted by atomic mass is 16.5. The summed E-state index contributed by atoms with van der Waals surface area (Å²) in [6, 6.07) is 4.81. The number of nitrogens with two attached hydrogens (primary N) is 1. The van der Waals surface area contributed by atoms with Crippen LogP contribution in [0.25, 0.3) is 0 Å². The molecule has 2 rings (SSSR count). The number of primary amides is 1. The fourth-order valence-electron chi connectivity index (χ4n) is 3.35. The minimum atomic E-state index is -0.766. The molecule has 0 spiro atoms. The summed E-state index contributed by atoms with van der Waals surface area (Å²) < 4.78 is 6.43. The molecule has 4 amide bonds. The summed E-state index contributed by atoms with van der Waals surface area (Å²) in [6.45, 7) is 7.70. The van der Waals surface area contributed by atoms with Crippen molar-refractivity contribution in [3.63, 3.8) is 0 Å². The van der Waals surface area contributed by atoms with Gasteiger partial charge in [0.25, 0.3) is 0 Å². The van der Waals surface area contributed by atoms with E-state index in [9.17, 15) is 19.3 Å². The van der Waals surface area contributed by atoms with Crippen LogP contribution in [0.4, 0.5) is 15.3 Å². The normalized spacial score (nSPS) is 12.3. The Hall–Kier alpha value is -4.29. The smallest absolute Gasteiger partial charge is 0.407 e. The van der Waals surface area contributed by atoms with E-state index in [-0.39, 0.29) is 31.5 Å². The lowest BCUT2D eigenvalue weighted by molar-refractivity contribution is -0.119. The van der Waals surface area contributed by atoms with Gasteiger partial charge in [0, 0.05) is 12.2 Å². The second-order valence-corrected chi connectivity index (χ2v) is 8.30. The maximum absolute atomic E-state index is 13.2. The van der Waals surface area contributed by atoms with Crippen LogP contribution in [0.2, 0.25) is 0 Å². The monoisotopic (exact) mass is 500 g/mol. The SMILES string of the molecule is C=CCOC(=O)N[C@H](c1cn([C@@H](CCCNC(N)=O)C(=O)Nc2ccc(CN=O)cc2)nn1)C(C)C. The Morgan fingerprint density at radius 3 is 2.58 bits per heavy atom. The number of ether oxygens (including phenoxy) is 1. The number of alkyl carbamates (subject to hydrolysis) is 1. The standard InChI is InChI=1S/C23H32N8O5/c1-4-12-36-23(34)28-20(15(2)3)18-14-31(30-29-18)19(6-5-11-25-22(24)33)21(32)27-17-9-7-16(8-10-17)13-26-35/h4,7-10,14-15,19-20H,1,5-6,11-13H2,2-3H3,(H,27,32)(H,28,34)(H3,24,25,33)/t19-,20-/m0/s1. The van der Waals surface area contributed by atoms with Gasteiger partial charge >= 0.3 is 12.1 Å². The molecule has 0 aliphatic rings. The number of urea groups is 1. The number of carbonyl (C=O) groups is 3. The number of hydrogen-bond acceptors (Lipinski definition) is 8. The van der Waals surface area contributed by atoms with Crippen molar-refractivity contribution in [3.05, 3.63) is 59.3 Å². The number of nitrogens with zero attached hydrogens (tertiary/aromatic N) is 4. The summed E-state index contributed by atoms with van der Waals surface area (Å²) >= 11 is 0. The van der Waals surface area contributed by atoms with E-state index in [1.54, 1.807) is 30.5 Å². The molecule has 13 heteroatoms. The molecule has 0 aliphatic heterocycles. The summed E-state index contributed by atoms with van der Waals surface area (Å²) in [6.07, 6.45) is 3.21. The zero-order valence-electron chi connectivity index (χ0n) is 20.3. The van der Waals surface area contributed by atoms with E-state index in [1.807, 2.05) is 13.8 Å². The van der Waals surface area contributed by atoms with Crippen molar-refractivity contribution in [2.75, 3.05) is 18.5 Å². The second-order valence-electron chi connectivity index (χ2n) is 8.30. The van der Waals surface area contributed by atoms with Crippen molar-refractivity contribution in [3.8, 4) is 0 Å². The van der Waals surface area contributed by atoms with Crippen LogP contribution >= 0.6 is 0 Å². The zero-order chi connectivity index (χ0) is 26.5. The zero-order valence-corrected chi connectivity index (χ0v) is 20.3. The van der Waals surface area contributed by atoms with Gasteiger partial charge in [0.2, 0.25) is 5.91 Å². The lowest BCUT2D eigenvalue weighted by Gasteiger charge is -2.20. The average Bonchev–Trinajstić information content (AvgIpc) is 3.31. The summed E-state index contributed by atoms with van der Waals surface area (Å²) in [7, 11) is 0. The van der Waals surface area contributed by atoms with E-state index < -0.39 is 24.2 Å². The van der Waals surface area contributed by atoms with Crippen LogP contribution in [0, 0.1) is 10.8 Å². The van der Waals surface area contributed by atoms with E-state index in [0.29, 0.717) is 24.2 Å². The minimum absolute atomic E-state index is 0.0393. The molecule has 0 fully saturated rings. The van der Waals surface area contributed by atoms with Gasteiger partial charge in [0.1, 0.15) is 24.9 Å². The van der Waals surface area contributed by atoms with Gasteiger partial charge in [-0.05, 0) is 36.5 Å². The largest absolute Gasteiger partial charge is 0.445 e. The number of rotatable bonds is 14. The molecule has 1 aromatic carbocycles. The summed E-state index contributed by atoms with van der Waals surface area (Å²) in [5.41, 5.74) is 6.82. The highest BCUT2D eigenvalue weighted by Gasteiger charge is 2.26. The number of amides is 4. The molecular weight excluding hydrogens is 468 g/mol. The van der Waals surface area contributed by atoms with Crippen molar-refractivity contribution in [2.45, 2.75) is 45.3 Å². The average molecular weight is 501 g/mol. The molecule has 13 nitrogen and oxygen atoms in total. The minimum Gasteiger partial charge on any atom is -0.445 e. The Kier molecular flexibility index (Phi) is 11.0. The molecule has 0 radical (unpaired) electrons. The van der Waals surface area contributed by atoms with Crippen LogP contribution < -0.4 is 21.7 Å². The molecule has 0 saturated heterocycles. The van der Waals surface area contributed by atoms with Crippen LogP contribution in [0.3, 0.4) is 0 Å². The molecule has 0 saturated carbocycles. The van der Waals surface area contributed by atoms with Gasteiger partial charge in [-0.15, -0.1) is 5.10 Å². The number of benzene rings is 1. The first-order valence-corrected chi connectivity index (χ1v) is 11.4. The lowest BCUT2D eigenvalue weighted by atomic mass is 10.0. The Morgan fingerprint density at radius 2 is 1.97 bits per heavy atom. The first kappa shape index (κ1) is 28.0. The molecule has 194 valence electrons. The fraction of sp³-hybridized carbons (Fsp3) is 0.435. The molecule has 1 heterocycles. The van der Waals surface area contributed by atoms with E-state index in [2.05, 4.69) is 38.0 Å². The van der Waals surface area contributed by atoms with Crippen LogP contribution in [-0.2, 0) is 16.1 Å². The van der Waals surface area contributed by atoms with Gasteiger partial charge in [-0.3, -0.25) is 4.79 Å². The van der Waals surface area contributed by atoms with Gasteiger partial charge in [0.05, 0.1) is 12.2 Å². The summed E-state index contributed by atoms with van der Waals surface area (Å²) in [5, 5.41) is 19.2. The molecule has 2 aromatic rings. The van der Waals surface area contributed by atoms with E-state index in [0.717, 1.165) is 5.56 Å². The second kappa shape index (κ2) is 14.2. The maximum atomic E-state index is 13.2. The Labute approximate surface area is 208 Å². The van der Waals surface area contributed by atoms with Crippen LogP contribution in [0.5, 0.6) is 0 Å². The van der Waals surface area contributed by atoms with Crippen molar-refractivity contribution >= 4 is 23.7 Å². The van der Waals surface area contributed by atoms with Crippen molar-refractivity contribution < 1.29 is 19.1 Å². The predicted molar refractivity (Wildman–Crippen MR) is 133 cm³/mol. The van der Waals surface area contributed by atoms with E-state index in [1.165, 1.54) is 10.8 Å². The highest BCUT2D eigenvalue weighted by molar-refractivity contribution is 5.93. The number of hydrogen-bond donors (Lipinski definition) is 4. The third-order valence-electron chi connectivity index (χ3n) is 5.16. The topological polar surface area (TPSA) is 183 Å². The first-order valence-electron chi connectivity index (χ1n) is 11.4. The van der Waals surface area contributed by atoms with Crippen LogP contribution in [0.15, 0.2) is 48.3 Å². The summed E-state index contributed by atoms with van der Waals surface area (Å²) in [4.78, 5) is 46.7. The van der Waals surface area contributed by atoms with Crippen molar-refractivity contribution in [1.82, 2.24) is 25.6 Å². The molecule has 1 aromatic heterocycles. The number of nitroso groups, excluding NO2 is 1. The van der Waals surface area contributed by atoms with Crippen molar-refractivity contribution in [2.24, 2.45) is 16.8 Å². The Balaban J connectivity index is 2.21. The van der Waals surface area contributed by atoms with Gasteiger partial charge < -0.3 is 26.4 Å². The number of carbonyl (C=O) groups excluding carboxylic acids is 3. The quantitative estimate of drug-likeness (QED) is 0.175. The lowest BCUT2D eigenvalue weighted by Crippen LogP contribution is -2.32. The molecule has 0 unspecified atom stereocenters. The van der Waals surface area contributed by atoms with Gasteiger partial charge in [-0.2, -0.15) is 4.91 Å². The molecule has 36 heavy (non-hydrogen) atoms. The predicted octanol–water partition coefficient (Wildman–Crippen LogP) is 2.78. The number of aromatic nitrogens is 3. The van der Waals surface area contributed by atoms with Gasteiger partial charge in [0.15, 0.2) is 0 Å². The third-order valence-corrected chi connectivity index (χ3v) is 5.16.